The molecule has 2 heterocycles. The summed E-state index contributed by atoms with van der Waals surface area (Å²) < 4.78 is 21.2. The van der Waals surface area contributed by atoms with Gasteiger partial charge in [0.25, 0.3) is 0 Å². The van der Waals surface area contributed by atoms with E-state index in [0.717, 1.165) is 12.8 Å². The van der Waals surface area contributed by atoms with E-state index in [1.165, 1.54) is 5.57 Å². The van der Waals surface area contributed by atoms with E-state index in [9.17, 15) is 9.90 Å². The van der Waals surface area contributed by atoms with Crippen LogP contribution in [0.5, 0.6) is 0 Å². The SMILES string of the molecule is CC1=C[C@H]2O[C@@H]3C[C@@H](OC(=O)OCC(Cl)(Cl)Cl)[C@@](C)(C34CO4)[C@@]2(CO)CC1. The first-order valence-electron chi connectivity index (χ1n) is 9.06. The van der Waals surface area contributed by atoms with Crippen molar-refractivity contribution >= 4 is 41.0 Å². The molecule has 3 fully saturated rings. The zero-order valence-corrected chi connectivity index (χ0v) is 17.4. The van der Waals surface area contributed by atoms with E-state index in [4.69, 9.17) is 53.8 Å². The second kappa shape index (κ2) is 6.38. The Bertz CT molecular complexity index is 672. The average molecular weight is 442 g/mol. The quantitative estimate of drug-likeness (QED) is 0.312. The number of alkyl halides is 3. The largest absolute Gasteiger partial charge is 0.508 e. The molecule has 1 spiro atoms. The van der Waals surface area contributed by atoms with Crippen LogP contribution in [0.2, 0.25) is 0 Å². The maximum absolute atomic E-state index is 12.2. The highest BCUT2D eigenvalue weighted by Crippen LogP contribution is 2.71. The molecule has 0 radical (unpaired) electrons. The fourth-order valence-electron chi connectivity index (χ4n) is 5.45. The summed E-state index contributed by atoms with van der Waals surface area (Å²) in [5, 5.41) is 10.5. The Morgan fingerprint density at radius 1 is 1.44 bits per heavy atom. The predicted molar refractivity (Wildman–Crippen MR) is 99.1 cm³/mol. The van der Waals surface area contributed by atoms with Crippen LogP contribution in [0.1, 0.15) is 33.1 Å². The third-order valence-electron chi connectivity index (χ3n) is 7.09. The van der Waals surface area contributed by atoms with E-state index >= 15 is 0 Å². The molecule has 152 valence electrons. The summed E-state index contributed by atoms with van der Waals surface area (Å²) in [7, 11) is 0. The summed E-state index contributed by atoms with van der Waals surface area (Å²) >= 11 is 16.9. The molecule has 0 amide bonds. The molecule has 1 unspecified atom stereocenters. The van der Waals surface area contributed by atoms with Crippen LogP contribution in [-0.4, -0.2) is 58.8 Å². The van der Waals surface area contributed by atoms with Crippen molar-refractivity contribution in [2.45, 2.75) is 60.8 Å². The molecule has 4 rings (SSSR count). The van der Waals surface area contributed by atoms with E-state index in [-0.39, 0.29) is 18.8 Å². The zero-order chi connectivity index (χ0) is 19.7. The lowest BCUT2D eigenvalue weighted by molar-refractivity contribution is -0.226. The number of carbonyl (C=O) groups excluding carboxylic acids is 1. The lowest BCUT2D eigenvalue weighted by Gasteiger charge is -2.58. The van der Waals surface area contributed by atoms with E-state index in [1.807, 2.05) is 6.92 Å². The van der Waals surface area contributed by atoms with Crippen molar-refractivity contribution in [3.63, 3.8) is 0 Å². The highest BCUT2D eigenvalue weighted by molar-refractivity contribution is 6.67. The molecule has 4 aliphatic rings. The molecule has 0 aromatic rings. The highest BCUT2D eigenvalue weighted by atomic mass is 35.6. The van der Waals surface area contributed by atoms with E-state index in [1.54, 1.807) is 0 Å². The van der Waals surface area contributed by atoms with Gasteiger partial charge >= 0.3 is 6.16 Å². The topological polar surface area (TPSA) is 77.5 Å². The molecule has 2 bridgehead atoms. The smallest absolute Gasteiger partial charge is 0.430 e. The van der Waals surface area contributed by atoms with E-state index in [2.05, 4.69) is 13.0 Å². The number of aliphatic hydroxyl groups excluding tert-OH is 1. The van der Waals surface area contributed by atoms with Crippen molar-refractivity contribution < 1.29 is 28.8 Å². The van der Waals surface area contributed by atoms with Gasteiger partial charge in [0.15, 0.2) is 0 Å². The number of carbonyl (C=O) groups is 1. The Kier molecular flexibility index (Phi) is 4.74. The first-order valence-corrected chi connectivity index (χ1v) is 10.2. The van der Waals surface area contributed by atoms with Crippen LogP contribution in [0.25, 0.3) is 0 Å². The Hall–Kier alpha value is -0.240. The summed E-state index contributed by atoms with van der Waals surface area (Å²) in [6, 6.07) is 0. The maximum Gasteiger partial charge on any atom is 0.508 e. The van der Waals surface area contributed by atoms with Crippen LogP contribution >= 0.6 is 34.8 Å². The van der Waals surface area contributed by atoms with Gasteiger partial charge in [-0.25, -0.2) is 4.79 Å². The van der Waals surface area contributed by atoms with Crippen molar-refractivity contribution in [2.75, 3.05) is 19.8 Å². The molecule has 6 nitrogen and oxygen atoms in total. The molecule has 1 N–H and O–H groups in total. The lowest BCUT2D eigenvalue weighted by atomic mass is 9.51. The fourth-order valence-corrected chi connectivity index (χ4v) is 5.62. The molecular weight excluding hydrogens is 419 g/mol. The number of allylic oxidation sites excluding steroid dienone is 1. The van der Waals surface area contributed by atoms with Gasteiger partial charge in [0.05, 0.1) is 25.4 Å². The van der Waals surface area contributed by atoms with Gasteiger partial charge in [0.2, 0.25) is 3.79 Å². The minimum atomic E-state index is -1.71. The number of hydrogen-bond acceptors (Lipinski definition) is 6. The van der Waals surface area contributed by atoms with Gasteiger partial charge in [-0.05, 0) is 19.8 Å². The van der Waals surface area contributed by atoms with Crippen molar-refractivity contribution in [2.24, 2.45) is 10.8 Å². The van der Waals surface area contributed by atoms with Crippen LogP contribution in [0.3, 0.4) is 0 Å². The number of rotatable bonds is 3. The lowest BCUT2D eigenvalue weighted by Crippen LogP contribution is -2.66. The number of fused-ring (bicyclic) bond motifs is 2. The van der Waals surface area contributed by atoms with E-state index in [0.29, 0.717) is 13.0 Å². The van der Waals surface area contributed by atoms with Crippen molar-refractivity contribution in [1.82, 2.24) is 0 Å². The minimum absolute atomic E-state index is 0.0845. The monoisotopic (exact) mass is 440 g/mol. The van der Waals surface area contributed by atoms with Gasteiger partial charge in [-0.3, -0.25) is 0 Å². The summed E-state index contributed by atoms with van der Waals surface area (Å²) in [5.41, 5.74) is -0.528. The molecule has 2 aliphatic carbocycles. The standard InChI is InChI=1S/C18H23Cl3O6/c1-10-3-4-16(7-22)12(5-10)26-13-6-11(15(16,2)17(13)8-25-17)27-14(23)24-9-18(19,20)21/h5,11-13,22H,3-4,6-9H2,1-2H3/t11-,12-,13-,15-,16-,17?/m1/s1. The normalized spacial score (nSPS) is 45.3. The molecule has 27 heavy (non-hydrogen) atoms. The second-order valence-corrected chi connectivity index (χ2v) is 10.8. The predicted octanol–water partition coefficient (Wildman–Crippen LogP) is 3.54. The molecule has 9 heteroatoms. The third-order valence-corrected chi connectivity index (χ3v) is 7.42. The molecule has 2 saturated heterocycles. The summed E-state index contributed by atoms with van der Waals surface area (Å²) in [4.78, 5) is 12.2. The van der Waals surface area contributed by atoms with Gasteiger partial charge in [-0.2, -0.15) is 0 Å². The van der Waals surface area contributed by atoms with Crippen molar-refractivity contribution in [3.8, 4) is 0 Å². The Labute approximate surface area is 173 Å². The van der Waals surface area contributed by atoms with Crippen LogP contribution < -0.4 is 0 Å². The van der Waals surface area contributed by atoms with Crippen LogP contribution in [-0.2, 0) is 18.9 Å². The first kappa shape index (κ1) is 20.0. The number of epoxide rings is 1. The maximum atomic E-state index is 12.2. The Morgan fingerprint density at radius 2 is 2.15 bits per heavy atom. The molecule has 1 saturated carbocycles. The van der Waals surface area contributed by atoms with Gasteiger partial charge < -0.3 is 24.1 Å². The number of aliphatic hydroxyl groups is 1. The number of ether oxygens (including phenoxy) is 4. The zero-order valence-electron chi connectivity index (χ0n) is 15.2. The molecular formula is C18H23Cl3O6. The van der Waals surface area contributed by atoms with Gasteiger partial charge in [-0.1, -0.05) is 53.4 Å². The van der Waals surface area contributed by atoms with Gasteiger partial charge in [0.1, 0.15) is 18.3 Å². The molecule has 6 atom stereocenters. The van der Waals surface area contributed by atoms with E-state index < -0.39 is 39.1 Å². The van der Waals surface area contributed by atoms with Gasteiger partial charge in [0, 0.05) is 17.3 Å². The van der Waals surface area contributed by atoms with Crippen molar-refractivity contribution in [3.05, 3.63) is 11.6 Å². The van der Waals surface area contributed by atoms with Crippen LogP contribution in [0.4, 0.5) is 4.79 Å². The third kappa shape index (κ3) is 2.82. The summed E-state index contributed by atoms with van der Waals surface area (Å²) in [6.07, 6.45) is 2.26. The number of halogens is 3. The Morgan fingerprint density at radius 3 is 2.74 bits per heavy atom. The van der Waals surface area contributed by atoms with Crippen molar-refractivity contribution in [1.29, 1.82) is 0 Å². The first-order chi connectivity index (χ1) is 12.6. The minimum Gasteiger partial charge on any atom is -0.430 e. The van der Waals surface area contributed by atoms with Gasteiger partial charge in [-0.15, -0.1) is 0 Å². The summed E-state index contributed by atoms with van der Waals surface area (Å²) in [6.45, 7) is 4.13. The molecule has 0 aromatic heterocycles. The molecule has 0 aromatic carbocycles. The second-order valence-electron chi connectivity index (χ2n) is 8.25. The van der Waals surface area contributed by atoms with Crippen LogP contribution in [0.15, 0.2) is 11.6 Å². The summed E-state index contributed by atoms with van der Waals surface area (Å²) in [5.74, 6) is 0. The average Bonchev–Trinajstić information content (AvgIpc) is 3.36. The molecule has 2 aliphatic heterocycles. The number of hydrogen-bond donors (Lipinski definition) is 1. The van der Waals surface area contributed by atoms with Crippen LogP contribution in [0, 0.1) is 10.8 Å². The fraction of sp³-hybridized carbons (Fsp3) is 0.833. The highest BCUT2D eigenvalue weighted by Gasteiger charge is 2.82. The Balaban J connectivity index is 1.63.